The van der Waals surface area contributed by atoms with Crippen molar-refractivity contribution < 1.29 is 18.1 Å². The van der Waals surface area contributed by atoms with Gasteiger partial charge in [0.05, 0.1) is 9.82 Å². The number of amides is 2. The third kappa shape index (κ3) is 3.96. The van der Waals surface area contributed by atoms with Gasteiger partial charge in [-0.25, -0.2) is 13.2 Å². The minimum absolute atomic E-state index is 0.105. The van der Waals surface area contributed by atoms with Gasteiger partial charge >= 0.3 is 6.03 Å². The number of sulfonamides is 1. The number of non-ortho nitro benzene ring substituents is 1. The smallest absolute Gasteiger partial charge is 0.317 e. The van der Waals surface area contributed by atoms with Gasteiger partial charge in [-0.3, -0.25) is 10.1 Å². The van der Waals surface area contributed by atoms with Crippen molar-refractivity contribution >= 4 is 21.7 Å². The quantitative estimate of drug-likeness (QED) is 0.611. The molecule has 3 rings (SSSR count). The van der Waals surface area contributed by atoms with Gasteiger partial charge in [-0.1, -0.05) is 6.07 Å². The normalized spacial score (nSPS) is 19.8. The number of carbonyl (C=O) groups excluding carboxylic acids is 1. The number of benzene rings is 1. The average molecular weight is 382 g/mol. The summed E-state index contributed by atoms with van der Waals surface area (Å²) in [5.41, 5.74) is -0.266. The number of rotatable bonds is 5. The Morgan fingerprint density at radius 1 is 1.27 bits per heavy atom. The standard InChI is InChI=1S/C16H22N4O5S/c1-12(13-5-6-13)17-16(21)18-7-9-19(10-8-18)26(24,25)15-4-2-3-14(11-15)20(22)23/h2-4,11-13H,5-10H2,1H3,(H,17,21). The summed E-state index contributed by atoms with van der Waals surface area (Å²) >= 11 is 0. The Morgan fingerprint density at radius 3 is 2.50 bits per heavy atom. The summed E-state index contributed by atoms with van der Waals surface area (Å²) in [6.45, 7) is 2.89. The SMILES string of the molecule is CC(NC(=O)N1CCN(S(=O)(=O)c2cccc([N+](=O)[O-])c2)CC1)C1CC1. The van der Waals surface area contributed by atoms with Crippen molar-refractivity contribution in [2.24, 2.45) is 5.92 Å². The minimum atomic E-state index is -3.82. The summed E-state index contributed by atoms with van der Waals surface area (Å²) in [5.74, 6) is 0.550. The molecule has 1 saturated heterocycles. The van der Waals surface area contributed by atoms with Gasteiger partial charge in [-0.2, -0.15) is 4.31 Å². The van der Waals surface area contributed by atoms with Gasteiger partial charge in [-0.15, -0.1) is 0 Å². The summed E-state index contributed by atoms with van der Waals surface area (Å²) in [6, 6.07) is 4.98. The van der Waals surface area contributed by atoms with E-state index in [4.69, 9.17) is 0 Å². The Hall–Kier alpha value is -2.20. The van der Waals surface area contributed by atoms with Crippen LogP contribution in [-0.4, -0.2) is 60.8 Å². The lowest BCUT2D eigenvalue weighted by atomic mass is 10.2. The Labute approximate surface area is 152 Å². The number of carbonyl (C=O) groups is 1. The van der Waals surface area contributed by atoms with E-state index in [9.17, 15) is 23.3 Å². The van der Waals surface area contributed by atoms with Crippen LogP contribution in [0.15, 0.2) is 29.2 Å². The molecule has 142 valence electrons. The first kappa shape index (κ1) is 18.6. The second kappa shape index (κ2) is 7.20. The molecule has 2 fully saturated rings. The second-order valence-electron chi connectivity index (χ2n) is 6.72. The van der Waals surface area contributed by atoms with Crippen LogP contribution in [0.1, 0.15) is 19.8 Å². The van der Waals surface area contributed by atoms with Gasteiger partial charge in [0, 0.05) is 44.4 Å². The third-order valence-electron chi connectivity index (χ3n) is 4.87. The third-order valence-corrected chi connectivity index (χ3v) is 6.77. The van der Waals surface area contributed by atoms with Crippen LogP contribution >= 0.6 is 0 Å². The van der Waals surface area contributed by atoms with Crippen LogP contribution in [0, 0.1) is 16.0 Å². The van der Waals surface area contributed by atoms with E-state index in [2.05, 4.69) is 5.32 Å². The van der Waals surface area contributed by atoms with Crippen molar-refractivity contribution in [2.75, 3.05) is 26.2 Å². The van der Waals surface area contributed by atoms with E-state index in [1.807, 2.05) is 6.92 Å². The van der Waals surface area contributed by atoms with Gasteiger partial charge < -0.3 is 10.2 Å². The highest BCUT2D eigenvalue weighted by Gasteiger charge is 2.33. The first-order chi connectivity index (χ1) is 12.3. The van der Waals surface area contributed by atoms with Crippen LogP contribution in [-0.2, 0) is 10.0 Å². The molecule has 1 saturated carbocycles. The van der Waals surface area contributed by atoms with Gasteiger partial charge in [0.25, 0.3) is 5.69 Å². The molecule has 9 nitrogen and oxygen atoms in total. The number of hydrogen-bond donors (Lipinski definition) is 1. The minimum Gasteiger partial charge on any atom is -0.335 e. The zero-order chi connectivity index (χ0) is 18.9. The van der Waals surface area contributed by atoms with Crippen LogP contribution in [0.25, 0.3) is 0 Å². The zero-order valence-corrected chi connectivity index (χ0v) is 15.3. The van der Waals surface area contributed by atoms with Gasteiger partial charge in [0.15, 0.2) is 0 Å². The Bertz CT molecular complexity index is 801. The number of nitrogens with one attached hydrogen (secondary N) is 1. The van der Waals surface area contributed by atoms with E-state index in [0.717, 1.165) is 18.9 Å². The fourth-order valence-corrected chi connectivity index (χ4v) is 4.50. The first-order valence-electron chi connectivity index (χ1n) is 8.59. The van der Waals surface area contributed by atoms with Crippen LogP contribution in [0.3, 0.4) is 0 Å². The Balaban J connectivity index is 1.62. The van der Waals surface area contributed by atoms with Gasteiger partial charge in [0.2, 0.25) is 10.0 Å². The predicted octanol–water partition coefficient (Wildman–Crippen LogP) is 1.41. The Kier molecular flexibility index (Phi) is 5.15. The van der Waals surface area contributed by atoms with Crippen molar-refractivity contribution in [3.8, 4) is 0 Å². The first-order valence-corrected chi connectivity index (χ1v) is 10.0. The molecule has 1 aromatic carbocycles. The Morgan fingerprint density at radius 2 is 1.92 bits per heavy atom. The van der Waals surface area contributed by atoms with Crippen LogP contribution in [0.4, 0.5) is 10.5 Å². The van der Waals surface area contributed by atoms with Crippen molar-refractivity contribution in [3.63, 3.8) is 0 Å². The molecule has 1 N–H and O–H groups in total. The maximum atomic E-state index is 12.7. The summed E-state index contributed by atoms with van der Waals surface area (Å²) in [4.78, 5) is 24.0. The zero-order valence-electron chi connectivity index (χ0n) is 14.5. The molecule has 26 heavy (non-hydrogen) atoms. The van der Waals surface area contributed by atoms with E-state index in [-0.39, 0.29) is 48.8 Å². The van der Waals surface area contributed by atoms with Crippen LogP contribution in [0.2, 0.25) is 0 Å². The van der Waals surface area contributed by atoms with Crippen LogP contribution in [0.5, 0.6) is 0 Å². The van der Waals surface area contributed by atoms with Crippen molar-refractivity contribution in [1.82, 2.24) is 14.5 Å². The summed E-state index contributed by atoms with van der Waals surface area (Å²) in [7, 11) is -3.82. The molecule has 1 atom stereocenters. The number of piperazine rings is 1. The largest absolute Gasteiger partial charge is 0.335 e. The number of nitro groups is 1. The van der Waals surface area contributed by atoms with E-state index >= 15 is 0 Å². The molecular weight excluding hydrogens is 360 g/mol. The molecule has 2 amide bonds. The van der Waals surface area contributed by atoms with Gasteiger partial charge in [-0.05, 0) is 31.7 Å². The fourth-order valence-electron chi connectivity index (χ4n) is 3.04. The fraction of sp³-hybridized carbons (Fsp3) is 0.562. The molecule has 0 aromatic heterocycles. The summed E-state index contributed by atoms with van der Waals surface area (Å²) in [6.07, 6.45) is 2.27. The van der Waals surface area contributed by atoms with Gasteiger partial charge in [0.1, 0.15) is 0 Å². The lowest BCUT2D eigenvalue weighted by Gasteiger charge is -2.34. The van der Waals surface area contributed by atoms with E-state index in [1.54, 1.807) is 4.90 Å². The van der Waals surface area contributed by atoms with Crippen molar-refractivity contribution in [3.05, 3.63) is 34.4 Å². The molecule has 1 unspecified atom stereocenters. The molecule has 0 radical (unpaired) electrons. The maximum absolute atomic E-state index is 12.7. The number of nitro benzene ring substituents is 1. The molecule has 1 heterocycles. The molecule has 2 aliphatic rings. The highest BCUT2D eigenvalue weighted by atomic mass is 32.2. The number of nitrogens with zero attached hydrogens (tertiary/aromatic N) is 3. The lowest BCUT2D eigenvalue weighted by molar-refractivity contribution is -0.385. The molecule has 1 aromatic rings. The molecule has 0 bridgehead atoms. The average Bonchev–Trinajstić information content (AvgIpc) is 3.47. The van der Waals surface area contributed by atoms with E-state index in [1.165, 1.54) is 22.5 Å². The van der Waals surface area contributed by atoms with Crippen LogP contribution < -0.4 is 5.32 Å². The van der Waals surface area contributed by atoms with E-state index < -0.39 is 14.9 Å². The molecular formula is C16H22N4O5S. The van der Waals surface area contributed by atoms with Crippen molar-refractivity contribution in [2.45, 2.75) is 30.7 Å². The van der Waals surface area contributed by atoms with Crippen molar-refractivity contribution in [1.29, 1.82) is 0 Å². The summed E-state index contributed by atoms with van der Waals surface area (Å²) < 4.78 is 26.7. The molecule has 1 aliphatic carbocycles. The predicted molar refractivity (Wildman–Crippen MR) is 94.1 cm³/mol. The lowest BCUT2D eigenvalue weighted by Crippen LogP contribution is -2.54. The number of hydrogen-bond acceptors (Lipinski definition) is 5. The monoisotopic (exact) mass is 382 g/mol. The molecule has 0 spiro atoms. The highest BCUT2D eigenvalue weighted by Crippen LogP contribution is 2.32. The number of urea groups is 1. The molecule has 10 heteroatoms. The van der Waals surface area contributed by atoms with E-state index in [0.29, 0.717) is 5.92 Å². The molecule has 1 aliphatic heterocycles. The maximum Gasteiger partial charge on any atom is 0.317 e. The second-order valence-corrected chi connectivity index (χ2v) is 8.66. The topological polar surface area (TPSA) is 113 Å². The summed E-state index contributed by atoms with van der Waals surface area (Å²) in [5, 5.41) is 13.8. The highest BCUT2D eigenvalue weighted by molar-refractivity contribution is 7.89.